The van der Waals surface area contributed by atoms with E-state index in [0.717, 1.165) is 12.6 Å². The molecule has 0 aliphatic rings. The van der Waals surface area contributed by atoms with Gasteiger partial charge in [0.05, 0.1) is 0 Å². The molecule has 0 amide bonds. The molecule has 0 saturated carbocycles. The molecule has 17 heavy (non-hydrogen) atoms. The molecule has 0 fully saturated rings. The van der Waals surface area contributed by atoms with Crippen molar-refractivity contribution in [3.63, 3.8) is 0 Å². The summed E-state index contributed by atoms with van der Waals surface area (Å²) in [6, 6.07) is 2.16. The average molecular weight is 241 g/mol. The molecule has 1 aromatic carbocycles. The Labute approximate surface area is 97.8 Å². The number of carbonyl (C=O) groups is 1. The van der Waals surface area contributed by atoms with E-state index in [0.29, 0.717) is 6.42 Å². The fourth-order valence-electron chi connectivity index (χ4n) is 1.33. The largest absolute Gasteiger partial charge is 0.477 e. The molecule has 0 radical (unpaired) electrons. The normalized spacial score (nSPS) is 11.0. The molecule has 0 saturated heterocycles. The van der Waals surface area contributed by atoms with Crippen molar-refractivity contribution in [2.45, 2.75) is 6.42 Å². The van der Waals surface area contributed by atoms with E-state index < -0.39 is 23.2 Å². The van der Waals surface area contributed by atoms with E-state index in [1.807, 2.05) is 0 Å². The van der Waals surface area contributed by atoms with E-state index in [9.17, 15) is 13.6 Å². The van der Waals surface area contributed by atoms with Gasteiger partial charge >= 0.3 is 5.97 Å². The molecule has 3 nitrogen and oxygen atoms in total. The lowest BCUT2D eigenvalue weighted by molar-refractivity contribution is 0.0686. The van der Waals surface area contributed by atoms with Gasteiger partial charge in [0.1, 0.15) is 17.2 Å². The molecule has 0 bridgehead atoms. The van der Waals surface area contributed by atoms with Gasteiger partial charge in [-0.25, -0.2) is 13.6 Å². The van der Waals surface area contributed by atoms with Crippen LogP contribution in [0.4, 0.5) is 8.78 Å². The second-order valence-electron chi connectivity index (χ2n) is 3.43. The Morgan fingerprint density at radius 1 is 1.47 bits per heavy atom. The van der Waals surface area contributed by atoms with Gasteiger partial charge in [-0.3, -0.25) is 0 Å². The third-order valence-electron chi connectivity index (χ3n) is 2.19. The first-order valence-corrected chi connectivity index (χ1v) is 5.10. The van der Waals surface area contributed by atoms with Crippen LogP contribution in [0.5, 0.6) is 0 Å². The van der Waals surface area contributed by atoms with Crippen LogP contribution in [-0.4, -0.2) is 24.7 Å². The molecule has 0 unspecified atom stereocenters. The maximum absolute atomic E-state index is 13.6. The molecule has 1 rings (SSSR count). The van der Waals surface area contributed by atoms with Crippen LogP contribution in [0, 0.1) is 11.6 Å². The number of halogens is 2. The van der Waals surface area contributed by atoms with Crippen molar-refractivity contribution in [3.8, 4) is 0 Å². The van der Waals surface area contributed by atoms with Crippen molar-refractivity contribution in [1.82, 2.24) is 5.32 Å². The van der Waals surface area contributed by atoms with Gasteiger partial charge < -0.3 is 10.4 Å². The van der Waals surface area contributed by atoms with E-state index in [2.05, 4.69) is 5.32 Å². The Bertz CT molecular complexity index is 444. The number of nitrogens with one attached hydrogen (secondary N) is 1. The first-order valence-electron chi connectivity index (χ1n) is 5.10. The number of carboxylic acids is 1. The van der Waals surface area contributed by atoms with E-state index in [1.165, 1.54) is 12.1 Å². The van der Waals surface area contributed by atoms with Gasteiger partial charge in [0.2, 0.25) is 0 Å². The topological polar surface area (TPSA) is 49.3 Å². The fourth-order valence-corrected chi connectivity index (χ4v) is 1.33. The van der Waals surface area contributed by atoms with Crippen molar-refractivity contribution in [2.24, 2.45) is 0 Å². The fraction of sp³-hybridized carbons (Fsp3) is 0.250. The maximum Gasteiger partial charge on any atom is 0.341 e. The number of rotatable bonds is 5. The third-order valence-corrected chi connectivity index (χ3v) is 2.19. The Morgan fingerprint density at radius 2 is 2.18 bits per heavy atom. The van der Waals surface area contributed by atoms with Gasteiger partial charge in [-0.1, -0.05) is 12.2 Å². The average Bonchev–Trinajstić information content (AvgIpc) is 2.26. The molecule has 0 aliphatic heterocycles. The zero-order chi connectivity index (χ0) is 12.8. The molecule has 0 aliphatic carbocycles. The second-order valence-corrected chi connectivity index (χ2v) is 3.43. The maximum atomic E-state index is 13.6. The summed E-state index contributed by atoms with van der Waals surface area (Å²) in [7, 11) is 1.79. The first kappa shape index (κ1) is 13.3. The van der Waals surface area contributed by atoms with E-state index >= 15 is 0 Å². The van der Waals surface area contributed by atoms with Gasteiger partial charge in [-0.15, -0.1) is 0 Å². The number of hydrogen-bond acceptors (Lipinski definition) is 2. The number of carboxylic acid groups (broad SMARTS) is 1. The van der Waals surface area contributed by atoms with E-state index in [4.69, 9.17) is 5.11 Å². The Morgan fingerprint density at radius 3 is 2.76 bits per heavy atom. The van der Waals surface area contributed by atoms with Crippen LogP contribution in [0.15, 0.2) is 18.2 Å². The van der Waals surface area contributed by atoms with Gasteiger partial charge in [0.15, 0.2) is 0 Å². The zero-order valence-corrected chi connectivity index (χ0v) is 9.34. The second kappa shape index (κ2) is 6.10. The molecule has 0 aromatic heterocycles. The van der Waals surface area contributed by atoms with Gasteiger partial charge in [0, 0.05) is 5.56 Å². The van der Waals surface area contributed by atoms with Crippen molar-refractivity contribution < 1.29 is 18.7 Å². The highest BCUT2D eigenvalue weighted by Gasteiger charge is 2.18. The predicted molar refractivity (Wildman–Crippen MR) is 60.9 cm³/mol. The highest BCUT2D eigenvalue weighted by molar-refractivity contribution is 5.89. The molecule has 1 aromatic rings. The Hall–Kier alpha value is -1.75. The predicted octanol–water partition coefficient (Wildman–Crippen LogP) is 2.29. The smallest absolute Gasteiger partial charge is 0.341 e. The molecular weight excluding hydrogens is 228 g/mol. The highest BCUT2D eigenvalue weighted by atomic mass is 19.1. The summed E-state index contributed by atoms with van der Waals surface area (Å²) in [6.07, 6.45) is 3.81. The lowest BCUT2D eigenvalue weighted by Gasteiger charge is -2.02. The summed E-state index contributed by atoms with van der Waals surface area (Å²) < 4.78 is 26.7. The minimum atomic E-state index is -1.61. The van der Waals surface area contributed by atoms with Crippen LogP contribution in [0.1, 0.15) is 22.3 Å². The number of hydrogen-bond donors (Lipinski definition) is 2. The number of aromatic carboxylic acids is 1. The zero-order valence-electron chi connectivity index (χ0n) is 9.34. The first-order chi connectivity index (χ1) is 8.07. The van der Waals surface area contributed by atoms with Crippen LogP contribution in [0.25, 0.3) is 6.08 Å². The van der Waals surface area contributed by atoms with Crippen LogP contribution in [0.3, 0.4) is 0 Å². The summed E-state index contributed by atoms with van der Waals surface area (Å²) in [5, 5.41) is 11.6. The standard InChI is InChI=1S/C12H13F2NO2/c1-15-7-3-2-4-8-5-6-9(13)10(11(8)14)12(16)17/h2,4-6,15H,3,7H2,1H3,(H,16,17). The molecule has 0 heterocycles. The summed E-state index contributed by atoms with van der Waals surface area (Å²) in [5.74, 6) is -3.72. The summed E-state index contributed by atoms with van der Waals surface area (Å²) in [5.41, 5.74) is -0.847. The molecule has 2 N–H and O–H groups in total. The molecule has 0 atom stereocenters. The van der Waals surface area contributed by atoms with Crippen LogP contribution < -0.4 is 5.32 Å². The summed E-state index contributed by atoms with van der Waals surface area (Å²) in [6.45, 7) is 0.727. The van der Waals surface area contributed by atoms with Crippen molar-refractivity contribution >= 4 is 12.0 Å². The van der Waals surface area contributed by atoms with Crippen LogP contribution >= 0.6 is 0 Å². The van der Waals surface area contributed by atoms with Gasteiger partial charge in [-0.05, 0) is 32.1 Å². The lowest BCUT2D eigenvalue weighted by Crippen LogP contribution is -2.06. The summed E-state index contributed by atoms with van der Waals surface area (Å²) in [4.78, 5) is 10.7. The Kier molecular flexibility index (Phi) is 4.78. The number of benzene rings is 1. The lowest BCUT2D eigenvalue weighted by atomic mass is 10.1. The quantitative estimate of drug-likeness (QED) is 0.777. The van der Waals surface area contributed by atoms with Crippen LogP contribution in [0.2, 0.25) is 0 Å². The highest BCUT2D eigenvalue weighted by Crippen LogP contribution is 2.18. The third kappa shape index (κ3) is 3.35. The van der Waals surface area contributed by atoms with Gasteiger partial charge in [0.25, 0.3) is 0 Å². The summed E-state index contributed by atoms with van der Waals surface area (Å²) >= 11 is 0. The minimum absolute atomic E-state index is 0.0694. The molecule has 5 heteroatoms. The van der Waals surface area contributed by atoms with E-state index in [-0.39, 0.29) is 5.56 Å². The van der Waals surface area contributed by atoms with Crippen molar-refractivity contribution in [1.29, 1.82) is 0 Å². The Balaban J connectivity index is 2.98. The molecule has 0 spiro atoms. The van der Waals surface area contributed by atoms with Crippen molar-refractivity contribution in [3.05, 3.63) is 41.0 Å². The van der Waals surface area contributed by atoms with E-state index in [1.54, 1.807) is 13.1 Å². The monoisotopic (exact) mass is 241 g/mol. The molecular formula is C12H13F2NO2. The SMILES string of the molecule is CNCCC=Cc1ccc(F)c(C(=O)O)c1F. The van der Waals surface area contributed by atoms with Crippen molar-refractivity contribution in [2.75, 3.05) is 13.6 Å². The van der Waals surface area contributed by atoms with Crippen LogP contribution in [-0.2, 0) is 0 Å². The van der Waals surface area contributed by atoms with Gasteiger partial charge in [-0.2, -0.15) is 0 Å². The minimum Gasteiger partial charge on any atom is -0.477 e. The molecule has 92 valence electrons.